The minimum Gasteiger partial charge on any atom is -0.378 e. The zero-order valence-electron chi connectivity index (χ0n) is 18.4. The number of carbonyl (C=O) groups excluding carboxylic acids is 1. The highest BCUT2D eigenvalue weighted by Crippen LogP contribution is 2.35. The Morgan fingerprint density at radius 1 is 1.16 bits per heavy atom. The van der Waals surface area contributed by atoms with Gasteiger partial charge in [0.2, 0.25) is 0 Å². The van der Waals surface area contributed by atoms with Gasteiger partial charge in [0.05, 0.1) is 6.54 Å². The van der Waals surface area contributed by atoms with Crippen molar-refractivity contribution < 1.29 is 9.18 Å². The van der Waals surface area contributed by atoms with Crippen LogP contribution in [0.2, 0.25) is 0 Å². The van der Waals surface area contributed by atoms with E-state index in [0.29, 0.717) is 31.2 Å². The second-order valence-electron chi connectivity index (χ2n) is 9.10. The molecule has 0 amide bonds. The van der Waals surface area contributed by atoms with Crippen LogP contribution in [0, 0.1) is 0 Å². The molecule has 3 aliphatic rings. The van der Waals surface area contributed by atoms with Gasteiger partial charge in [0, 0.05) is 17.8 Å². The van der Waals surface area contributed by atoms with Crippen molar-refractivity contribution in [2.24, 2.45) is 0 Å². The molecule has 2 fully saturated rings. The minimum atomic E-state index is -0.823. The number of benzene rings is 1. The molecule has 7 heteroatoms. The van der Waals surface area contributed by atoms with Gasteiger partial charge >= 0.3 is 0 Å². The van der Waals surface area contributed by atoms with E-state index < -0.39 is 12.2 Å². The van der Waals surface area contributed by atoms with Crippen molar-refractivity contribution in [1.29, 1.82) is 0 Å². The summed E-state index contributed by atoms with van der Waals surface area (Å²) in [5, 5.41) is 6.53. The standard InChI is InChI=1S/C25H30FN5O/c1-30-11-7-18(8-12-30)17-2-4-21(5-3-17)28-25-24-19(6-10-27-22(24)16-32)14-23(29-25)31-13-9-20(26)15-31/h2-6,10,14,16,18,20,22,27H,7-9,11-13,15H2,1H3,(H,28,29)/t20-,22?/m0/s1. The van der Waals surface area contributed by atoms with Gasteiger partial charge in [0.15, 0.2) is 0 Å². The summed E-state index contributed by atoms with van der Waals surface area (Å²) in [5.74, 6) is 1.98. The number of fused-ring (bicyclic) bond motifs is 1. The van der Waals surface area contributed by atoms with Crippen LogP contribution in [0.3, 0.4) is 0 Å². The molecule has 3 aliphatic heterocycles. The largest absolute Gasteiger partial charge is 0.378 e. The first kappa shape index (κ1) is 20.9. The van der Waals surface area contributed by atoms with E-state index in [1.54, 1.807) is 6.20 Å². The lowest BCUT2D eigenvalue weighted by Crippen LogP contribution is -2.29. The van der Waals surface area contributed by atoms with Crippen LogP contribution in [0.25, 0.3) is 6.08 Å². The Balaban J connectivity index is 1.43. The first-order valence-corrected chi connectivity index (χ1v) is 11.5. The quantitative estimate of drug-likeness (QED) is 0.693. The number of likely N-dealkylation sites (tertiary alicyclic amines) is 1. The van der Waals surface area contributed by atoms with Crippen molar-refractivity contribution in [2.45, 2.75) is 37.4 Å². The molecule has 4 heterocycles. The average molecular weight is 436 g/mol. The highest BCUT2D eigenvalue weighted by Gasteiger charge is 2.27. The van der Waals surface area contributed by atoms with E-state index in [4.69, 9.17) is 4.98 Å². The molecule has 0 saturated carbocycles. The van der Waals surface area contributed by atoms with E-state index in [1.807, 2.05) is 17.0 Å². The normalized spacial score (nSPS) is 23.6. The molecule has 2 saturated heterocycles. The number of aldehydes is 1. The maximum absolute atomic E-state index is 13.8. The molecule has 1 unspecified atom stereocenters. The summed E-state index contributed by atoms with van der Waals surface area (Å²) in [6.45, 7) is 3.28. The molecule has 2 atom stereocenters. The fourth-order valence-corrected chi connectivity index (χ4v) is 4.96. The molecule has 6 nitrogen and oxygen atoms in total. The Hall–Kier alpha value is -2.93. The fraction of sp³-hybridized carbons (Fsp3) is 0.440. The van der Waals surface area contributed by atoms with Crippen molar-refractivity contribution in [3.8, 4) is 0 Å². The van der Waals surface area contributed by atoms with E-state index in [0.717, 1.165) is 42.0 Å². The third kappa shape index (κ3) is 4.21. The topological polar surface area (TPSA) is 60.5 Å². The number of hydrogen-bond acceptors (Lipinski definition) is 6. The number of pyridine rings is 1. The van der Waals surface area contributed by atoms with Gasteiger partial charge in [-0.3, -0.25) is 0 Å². The monoisotopic (exact) mass is 435 g/mol. The summed E-state index contributed by atoms with van der Waals surface area (Å²) in [6.07, 6.45) is 6.69. The molecular formula is C25H30FN5O. The second-order valence-corrected chi connectivity index (χ2v) is 9.10. The Morgan fingerprint density at radius 2 is 1.94 bits per heavy atom. The molecule has 0 spiro atoms. The maximum Gasteiger partial charge on any atom is 0.146 e. The van der Waals surface area contributed by atoms with Gasteiger partial charge in [0.25, 0.3) is 0 Å². The molecule has 1 aromatic carbocycles. The number of hydrogen-bond donors (Lipinski definition) is 2. The summed E-state index contributed by atoms with van der Waals surface area (Å²) in [5.41, 5.74) is 4.05. The SMILES string of the molecule is CN1CCC(c2ccc(Nc3nc(N4CC[C@H](F)C4)cc4c3C(C=O)NC=C4)cc2)CC1. The van der Waals surface area contributed by atoms with Crippen LogP contribution in [0.4, 0.5) is 21.7 Å². The van der Waals surface area contributed by atoms with Gasteiger partial charge in [-0.2, -0.15) is 0 Å². The zero-order valence-corrected chi connectivity index (χ0v) is 18.4. The Labute approximate surface area is 188 Å². The zero-order chi connectivity index (χ0) is 22.1. The van der Waals surface area contributed by atoms with E-state index in [1.165, 1.54) is 18.4 Å². The van der Waals surface area contributed by atoms with Crippen molar-refractivity contribution in [1.82, 2.24) is 15.2 Å². The van der Waals surface area contributed by atoms with Crippen molar-refractivity contribution in [3.05, 3.63) is 53.2 Å². The van der Waals surface area contributed by atoms with Crippen molar-refractivity contribution in [2.75, 3.05) is 43.4 Å². The van der Waals surface area contributed by atoms with Crippen LogP contribution >= 0.6 is 0 Å². The molecule has 1 aromatic heterocycles. The maximum atomic E-state index is 13.8. The smallest absolute Gasteiger partial charge is 0.146 e. The molecule has 5 rings (SSSR count). The minimum absolute atomic E-state index is 0.357. The number of alkyl halides is 1. The number of nitrogens with one attached hydrogen (secondary N) is 2. The lowest BCUT2D eigenvalue weighted by molar-refractivity contribution is -0.109. The molecule has 0 aliphatic carbocycles. The van der Waals surface area contributed by atoms with E-state index in [2.05, 4.69) is 46.8 Å². The molecule has 2 N–H and O–H groups in total. The summed E-state index contributed by atoms with van der Waals surface area (Å²) >= 11 is 0. The second kappa shape index (κ2) is 8.90. The third-order valence-electron chi connectivity index (χ3n) is 6.88. The van der Waals surface area contributed by atoms with Crippen LogP contribution in [-0.2, 0) is 4.79 Å². The van der Waals surface area contributed by atoms with Gasteiger partial charge in [-0.15, -0.1) is 0 Å². The first-order valence-electron chi connectivity index (χ1n) is 11.5. The lowest BCUT2D eigenvalue weighted by Gasteiger charge is -2.29. The fourth-order valence-electron chi connectivity index (χ4n) is 4.96. The Bertz CT molecular complexity index is 1000. The molecule has 2 aromatic rings. The number of rotatable bonds is 5. The van der Waals surface area contributed by atoms with Crippen molar-refractivity contribution in [3.63, 3.8) is 0 Å². The van der Waals surface area contributed by atoms with E-state index in [-0.39, 0.29) is 0 Å². The van der Waals surface area contributed by atoms with E-state index >= 15 is 0 Å². The molecule has 0 radical (unpaired) electrons. The third-order valence-corrected chi connectivity index (χ3v) is 6.88. The predicted octanol–water partition coefficient (Wildman–Crippen LogP) is 4.00. The average Bonchev–Trinajstić information content (AvgIpc) is 3.26. The van der Waals surface area contributed by atoms with Gasteiger partial charge in [0.1, 0.15) is 30.1 Å². The number of piperidine rings is 1. The summed E-state index contributed by atoms with van der Waals surface area (Å²) < 4.78 is 13.8. The predicted molar refractivity (Wildman–Crippen MR) is 126 cm³/mol. The van der Waals surface area contributed by atoms with Crippen LogP contribution in [0.1, 0.15) is 47.9 Å². The number of carbonyl (C=O) groups is 1. The number of aromatic nitrogens is 1. The van der Waals surface area contributed by atoms with Crippen molar-refractivity contribution >= 4 is 29.7 Å². The van der Waals surface area contributed by atoms with Crippen LogP contribution in [0.15, 0.2) is 36.5 Å². The van der Waals surface area contributed by atoms with Gasteiger partial charge in [-0.1, -0.05) is 12.1 Å². The van der Waals surface area contributed by atoms with E-state index in [9.17, 15) is 9.18 Å². The van der Waals surface area contributed by atoms with Gasteiger partial charge in [-0.05, 0) is 86.9 Å². The Morgan fingerprint density at radius 3 is 2.62 bits per heavy atom. The number of halogens is 1. The Kier molecular flexibility index (Phi) is 5.83. The van der Waals surface area contributed by atoms with Crippen LogP contribution in [-0.4, -0.2) is 55.6 Å². The lowest BCUT2D eigenvalue weighted by atomic mass is 9.89. The van der Waals surface area contributed by atoms with Crippen LogP contribution < -0.4 is 15.5 Å². The van der Waals surface area contributed by atoms with Crippen LogP contribution in [0.5, 0.6) is 0 Å². The molecular weight excluding hydrogens is 405 g/mol. The summed E-state index contributed by atoms with van der Waals surface area (Å²) in [7, 11) is 2.18. The summed E-state index contributed by atoms with van der Waals surface area (Å²) in [6, 6.07) is 10.0. The molecule has 0 bridgehead atoms. The highest BCUT2D eigenvalue weighted by atomic mass is 19.1. The number of anilines is 3. The van der Waals surface area contributed by atoms with Gasteiger partial charge < -0.3 is 25.2 Å². The first-order chi connectivity index (χ1) is 15.6. The highest BCUT2D eigenvalue weighted by molar-refractivity contribution is 5.78. The van der Waals surface area contributed by atoms with Gasteiger partial charge in [-0.25, -0.2) is 9.37 Å². The summed E-state index contributed by atoms with van der Waals surface area (Å²) in [4.78, 5) is 20.9. The molecule has 168 valence electrons. The molecule has 32 heavy (non-hydrogen) atoms. The number of nitrogens with zero attached hydrogens (tertiary/aromatic N) is 3.